The van der Waals surface area contributed by atoms with Crippen LogP contribution in [0.1, 0.15) is 51.4 Å². The largest absolute Gasteiger partial charge is 0.460 e. The molecule has 1 aliphatic rings. The molecule has 0 saturated carbocycles. The first kappa shape index (κ1) is 25.3. The first-order valence-corrected chi connectivity index (χ1v) is 12.1. The normalized spacial score (nSPS) is 22.2. The molecule has 2 atom stereocenters. The Morgan fingerprint density at radius 2 is 1.97 bits per heavy atom. The van der Waals surface area contributed by atoms with Gasteiger partial charge in [0.05, 0.1) is 18.1 Å². The summed E-state index contributed by atoms with van der Waals surface area (Å²) in [6, 6.07) is 3.86. The van der Waals surface area contributed by atoms with Gasteiger partial charge >= 0.3 is 0 Å². The number of ether oxygens (including phenoxy) is 1. The number of benzene rings is 1. The molecule has 0 radical (unpaired) electrons. The summed E-state index contributed by atoms with van der Waals surface area (Å²) in [6.45, 7) is 7.84. The average Bonchev–Trinajstić information content (AvgIpc) is 2.74. The van der Waals surface area contributed by atoms with Crippen molar-refractivity contribution in [2.45, 2.75) is 51.0 Å². The topological polar surface area (TPSA) is 108 Å². The highest BCUT2D eigenvalue weighted by Crippen LogP contribution is 2.38. The second-order valence-electron chi connectivity index (χ2n) is 8.67. The zero-order valence-corrected chi connectivity index (χ0v) is 20.4. The van der Waals surface area contributed by atoms with Crippen LogP contribution in [-0.2, 0) is 15.4 Å². The Balaban J connectivity index is 1.93. The van der Waals surface area contributed by atoms with E-state index in [1.54, 1.807) is 13.8 Å². The van der Waals surface area contributed by atoms with Gasteiger partial charge in [0.15, 0.2) is 21.8 Å². The molecular weight excluding hydrogens is 462 g/mol. The van der Waals surface area contributed by atoms with Crippen molar-refractivity contribution in [1.82, 2.24) is 9.97 Å². The standard InChI is InChI=1S/C24H26F2N4O3S/c1-6-7-15(2)33-21-13-28-20(12-29-21)19(26)11-16-8-9-18(25)17(10-16)24(5)14-34(31,32)23(3,4)22(27)30-24/h8-13,15H,14H2,1-5H3,(H2,27,30)/b19-11-/t15?,24-/m0/s1. The van der Waals surface area contributed by atoms with E-state index >= 15 is 0 Å². The van der Waals surface area contributed by atoms with E-state index in [9.17, 15) is 17.2 Å². The summed E-state index contributed by atoms with van der Waals surface area (Å²) in [5.74, 6) is 3.79. The lowest BCUT2D eigenvalue weighted by atomic mass is 9.91. The van der Waals surface area contributed by atoms with Crippen LogP contribution in [0.4, 0.5) is 8.78 Å². The van der Waals surface area contributed by atoms with Crippen LogP contribution in [0.15, 0.2) is 35.6 Å². The number of nitrogens with two attached hydrogens (primary N) is 1. The van der Waals surface area contributed by atoms with Crippen LogP contribution in [-0.4, -0.2) is 40.8 Å². The van der Waals surface area contributed by atoms with E-state index in [-0.39, 0.29) is 23.0 Å². The number of halogens is 2. The first-order chi connectivity index (χ1) is 15.8. The van der Waals surface area contributed by atoms with Gasteiger partial charge in [0, 0.05) is 5.56 Å². The molecule has 180 valence electrons. The summed E-state index contributed by atoms with van der Waals surface area (Å²) in [5.41, 5.74) is 4.73. The molecular formula is C24H26F2N4O3S. The van der Waals surface area contributed by atoms with Crippen molar-refractivity contribution in [3.8, 4) is 17.7 Å². The predicted octanol–water partition coefficient (Wildman–Crippen LogP) is 3.65. The molecule has 1 unspecified atom stereocenters. The van der Waals surface area contributed by atoms with Crippen molar-refractivity contribution in [2.75, 3.05) is 5.75 Å². The molecule has 1 aromatic carbocycles. The molecule has 2 heterocycles. The summed E-state index contributed by atoms with van der Waals surface area (Å²) >= 11 is 0. The highest BCUT2D eigenvalue weighted by molar-refractivity contribution is 7.93. The number of nitrogens with zero attached hydrogens (tertiary/aromatic N) is 3. The smallest absolute Gasteiger partial charge is 0.233 e. The molecule has 10 heteroatoms. The van der Waals surface area contributed by atoms with Crippen molar-refractivity contribution in [3.63, 3.8) is 0 Å². The van der Waals surface area contributed by atoms with Crippen LogP contribution >= 0.6 is 0 Å². The van der Waals surface area contributed by atoms with Crippen molar-refractivity contribution >= 4 is 27.6 Å². The second kappa shape index (κ2) is 9.14. The van der Waals surface area contributed by atoms with Gasteiger partial charge in [-0.05, 0) is 58.4 Å². The van der Waals surface area contributed by atoms with E-state index in [2.05, 4.69) is 26.8 Å². The first-order valence-electron chi connectivity index (χ1n) is 10.5. The number of amidine groups is 1. The van der Waals surface area contributed by atoms with E-state index in [1.165, 1.54) is 45.3 Å². The highest BCUT2D eigenvalue weighted by atomic mass is 32.2. The number of aliphatic imine (C=N–C) groups is 1. The minimum atomic E-state index is -3.73. The Bertz CT molecular complexity index is 1330. The SMILES string of the molecule is CC#CC(C)Oc1cnc(/C(F)=C/c2ccc(F)c([C@]3(C)CS(=O)(=O)C(C)(C)C(N)=N3)c2)cn1. The fourth-order valence-corrected chi connectivity index (χ4v) is 5.15. The molecule has 34 heavy (non-hydrogen) atoms. The summed E-state index contributed by atoms with van der Waals surface area (Å²) in [5, 5.41) is 0. The average molecular weight is 489 g/mol. The fraction of sp³-hybridized carbons (Fsp3) is 0.375. The molecule has 0 saturated heterocycles. The number of sulfone groups is 1. The third-order valence-electron chi connectivity index (χ3n) is 5.61. The van der Waals surface area contributed by atoms with E-state index in [0.29, 0.717) is 5.56 Å². The predicted molar refractivity (Wildman–Crippen MR) is 128 cm³/mol. The Kier molecular flexibility index (Phi) is 6.80. The molecule has 2 N–H and O–H groups in total. The van der Waals surface area contributed by atoms with Crippen LogP contribution in [0.3, 0.4) is 0 Å². The van der Waals surface area contributed by atoms with Crippen molar-refractivity contribution < 1.29 is 21.9 Å². The monoisotopic (exact) mass is 488 g/mol. The molecule has 0 spiro atoms. The zero-order valence-electron chi connectivity index (χ0n) is 19.6. The Morgan fingerprint density at radius 1 is 1.26 bits per heavy atom. The van der Waals surface area contributed by atoms with Gasteiger partial charge in [-0.15, -0.1) is 5.92 Å². The molecule has 2 aromatic rings. The van der Waals surface area contributed by atoms with Crippen LogP contribution in [0.2, 0.25) is 0 Å². The maximum atomic E-state index is 14.9. The van der Waals surface area contributed by atoms with E-state index in [4.69, 9.17) is 10.5 Å². The third kappa shape index (κ3) is 4.94. The quantitative estimate of drug-likeness (QED) is 0.644. The summed E-state index contributed by atoms with van der Waals surface area (Å²) in [4.78, 5) is 12.4. The number of rotatable bonds is 5. The van der Waals surface area contributed by atoms with Gasteiger partial charge < -0.3 is 10.5 Å². The Morgan fingerprint density at radius 3 is 2.56 bits per heavy atom. The van der Waals surface area contributed by atoms with Crippen molar-refractivity contribution in [3.05, 3.63) is 53.2 Å². The van der Waals surface area contributed by atoms with Crippen LogP contribution < -0.4 is 10.5 Å². The van der Waals surface area contributed by atoms with Crippen LogP contribution in [0, 0.1) is 17.7 Å². The lowest BCUT2D eigenvalue weighted by molar-refractivity contribution is 0.266. The van der Waals surface area contributed by atoms with E-state index in [1.807, 2.05) is 0 Å². The molecule has 7 nitrogen and oxygen atoms in total. The lowest BCUT2D eigenvalue weighted by Crippen LogP contribution is -2.55. The molecule has 0 aliphatic carbocycles. The minimum Gasteiger partial charge on any atom is -0.460 e. The van der Waals surface area contributed by atoms with Crippen LogP contribution in [0.5, 0.6) is 5.88 Å². The molecule has 0 fully saturated rings. The zero-order chi connectivity index (χ0) is 25.3. The van der Waals surface area contributed by atoms with Gasteiger partial charge in [-0.25, -0.2) is 27.2 Å². The highest BCUT2D eigenvalue weighted by Gasteiger charge is 2.49. The Labute approximate surface area is 198 Å². The summed E-state index contributed by atoms with van der Waals surface area (Å²) < 4.78 is 59.3. The molecule has 0 amide bonds. The van der Waals surface area contributed by atoms with Gasteiger partial charge in [-0.1, -0.05) is 12.0 Å². The number of hydrogen-bond acceptors (Lipinski definition) is 7. The van der Waals surface area contributed by atoms with Gasteiger partial charge in [-0.2, -0.15) is 0 Å². The summed E-state index contributed by atoms with van der Waals surface area (Å²) in [6.07, 6.45) is 3.24. The molecule has 0 bridgehead atoms. The molecule has 3 rings (SSSR count). The number of hydrogen-bond donors (Lipinski definition) is 1. The minimum absolute atomic E-state index is 0.00284. The molecule has 1 aromatic heterocycles. The third-order valence-corrected chi connectivity index (χ3v) is 8.32. The lowest BCUT2D eigenvalue weighted by Gasteiger charge is -2.38. The van der Waals surface area contributed by atoms with E-state index in [0.717, 1.165) is 12.1 Å². The second-order valence-corrected chi connectivity index (χ2v) is 11.2. The van der Waals surface area contributed by atoms with Crippen molar-refractivity contribution in [1.29, 1.82) is 0 Å². The molecule has 1 aliphatic heterocycles. The number of aromatic nitrogens is 2. The summed E-state index contributed by atoms with van der Waals surface area (Å²) in [7, 11) is -3.73. The van der Waals surface area contributed by atoms with Gasteiger partial charge in [0.25, 0.3) is 0 Å². The Hall–Kier alpha value is -3.32. The van der Waals surface area contributed by atoms with E-state index < -0.39 is 43.6 Å². The van der Waals surface area contributed by atoms with Gasteiger partial charge in [-0.3, -0.25) is 4.99 Å². The van der Waals surface area contributed by atoms with Crippen LogP contribution in [0.25, 0.3) is 11.9 Å². The van der Waals surface area contributed by atoms with Crippen molar-refractivity contribution in [2.24, 2.45) is 10.7 Å². The van der Waals surface area contributed by atoms with Gasteiger partial charge in [0.2, 0.25) is 5.88 Å². The maximum absolute atomic E-state index is 14.9. The fourth-order valence-electron chi connectivity index (χ4n) is 3.46. The van der Waals surface area contributed by atoms with Gasteiger partial charge in [0.1, 0.15) is 27.6 Å². The maximum Gasteiger partial charge on any atom is 0.233 e.